The third kappa shape index (κ3) is 2.67. The minimum Gasteiger partial charge on any atom is -0.300 e. The second-order valence-corrected chi connectivity index (χ2v) is 9.36. The van der Waals surface area contributed by atoms with Crippen molar-refractivity contribution < 1.29 is 9.59 Å². The second kappa shape index (κ2) is 6.21. The van der Waals surface area contributed by atoms with Crippen LogP contribution in [-0.2, 0) is 9.59 Å². The van der Waals surface area contributed by atoms with E-state index in [4.69, 9.17) is 0 Å². The lowest BCUT2D eigenvalue weighted by molar-refractivity contribution is -0.130. The molecule has 6 atom stereocenters. The molecule has 0 radical (unpaired) electrons. The standard InChI is InChI=1S/C12H16O.C11H14O/c13-10-6-9-5-8-3-1-2-4-11(8)12(9)7-10;12-10-6-8-5-7-3-1-2-4-9(7)11(8)10/h4,8-9,12H,1-3,5-7H2;4,7-8,11H,1-3,5-6H2/t8-,9+,12-;7-,8+,11-/m00/s1. The molecule has 0 aromatic carbocycles. The summed E-state index contributed by atoms with van der Waals surface area (Å²) in [7, 11) is 0. The van der Waals surface area contributed by atoms with Gasteiger partial charge < -0.3 is 0 Å². The van der Waals surface area contributed by atoms with Crippen molar-refractivity contribution >= 4 is 11.6 Å². The summed E-state index contributed by atoms with van der Waals surface area (Å²) >= 11 is 0. The van der Waals surface area contributed by atoms with Gasteiger partial charge in [-0.1, -0.05) is 23.3 Å². The van der Waals surface area contributed by atoms with Crippen LogP contribution in [0, 0.1) is 35.5 Å². The lowest BCUT2D eigenvalue weighted by atomic mass is 9.73. The fraction of sp³-hybridized carbons (Fsp3) is 0.739. The van der Waals surface area contributed by atoms with Crippen molar-refractivity contribution in [1.82, 2.24) is 0 Å². The summed E-state index contributed by atoms with van der Waals surface area (Å²) in [5, 5.41) is 0. The van der Waals surface area contributed by atoms with E-state index < -0.39 is 0 Å². The molecule has 2 heteroatoms. The lowest BCUT2D eigenvalue weighted by Crippen LogP contribution is -2.33. The number of fused-ring (bicyclic) bond motifs is 6. The molecule has 25 heavy (non-hydrogen) atoms. The number of carbonyl (C=O) groups is 2. The van der Waals surface area contributed by atoms with Gasteiger partial charge in [-0.2, -0.15) is 0 Å². The largest absolute Gasteiger partial charge is 0.300 e. The van der Waals surface area contributed by atoms with Crippen molar-refractivity contribution in [3.63, 3.8) is 0 Å². The number of hydrogen-bond donors (Lipinski definition) is 0. The first kappa shape index (κ1) is 16.0. The van der Waals surface area contributed by atoms with Crippen LogP contribution >= 0.6 is 0 Å². The topological polar surface area (TPSA) is 34.1 Å². The maximum absolute atomic E-state index is 11.3. The summed E-state index contributed by atoms with van der Waals surface area (Å²) < 4.78 is 0. The Kier molecular flexibility index (Phi) is 3.98. The maximum atomic E-state index is 11.3. The molecule has 0 aromatic rings. The van der Waals surface area contributed by atoms with E-state index in [2.05, 4.69) is 12.2 Å². The van der Waals surface area contributed by atoms with Crippen LogP contribution in [0.25, 0.3) is 0 Å². The minimum atomic E-state index is 0.398. The summed E-state index contributed by atoms with van der Waals surface area (Å²) in [6, 6.07) is 0. The van der Waals surface area contributed by atoms with Gasteiger partial charge in [-0.25, -0.2) is 0 Å². The Labute approximate surface area is 151 Å². The highest BCUT2D eigenvalue weighted by molar-refractivity contribution is 5.91. The zero-order valence-electron chi connectivity index (χ0n) is 15.2. The maximum Gasteiger partial charge on any atom is 0.140 e. The van der Waals surface area contributed by atoms with Gasteiger partial charge in [-0.3, -0.25) is 9.59 Å². The summed E-state index contributed by atoms with van der Waals surface area (Å²) in [6.07, 6.45) is 18.1. The van der Waals surface area contributed by atoms with Crippen molar-refractivity contribution in [2.45, 2.75) is 70.6 Å². The Morgan fingerprint density at radius 3 is 2.20 bits per heavy atom. The molecule has 0 amide bonds. The molecule has 2 nitrogen and oxygen atoms in total. The van der Waals surface area contributed by atoms with Gasteiger partial charge in [0.1, 0.15) is 11.6 Å². The minimum absolute atomic E-state index is 0.398. The quantitative estimate of drug-likeness (QED) is 0.580. The highest BCUT2D eigenvalue weighted by atomic mass is 16.1. The molecule has 4 saturated carbocycles. The fourth-order valence-electron chi connectivity index (χ4n) is 6.86. The highest BCUT2D eigenvalue weighted by Crippen LogP contribution is 2.54. The number of hydrogen-bond acceptors (Lipinski definition) is 2. The number of Topliss-reactive ketones (excluding diaryl/α,β-unsaturated/α-hetero) is 2. The Morgan fingerprint density at radius 2 is 1.44 bits per heavy atom. The van der Waals surface area contributed by atoms with Gasteiger partial charge in [0, 0.05) is 25.2 Å². The van der Waals surface area contributed by atoms with E-state index in [9.17, 15) is 9.59 Å². The number of rotatable bonds is 0. The zero-order valence-corrected chi connectivity index (χ0v) is 15.2. The van der Waals surface area contributed by atoms with Gasteiger partial charge in [0.15, 0.2) is 0 Å². The van der Waals surface area contributed by atoms with E-state index in [1.807, 2.05) is 0 Å². The van der Waals surface area contributed by atoms with Crippen molar-refractivity contribution in [3.05, 3.63) is 23.3 Å². The summed E-state index contributed by atoms with van der Waals surface area (Å²) in [6.45, 7) is 0. The Hall–Kier alpha value is -1.18. The normalized spacial score (nSPS) is 43.7. The molecule has 0 unspecified atom stereocenters. The molecule has 0 N–H and O–H groups in total. The van der Waals surface area contributed by atoms with E-state index >= 15 is 0 Å². The van der Waals surface area contributed by atoms with Crippen molar-refractivity contribution in [2.75, 3.05) is 0 Å². The van der Waals surface area contributed by atoms with E-state index in [0.717, 1.165) is 42.9 Å². The van der Waals surface area contributed by atoms with Gasteiger partial charge in [0.2, 0.25) is 0 Å². The molecule has 0 heterocycles. The van der Waals surface area contributed by atoms with Crippen LogP contribution in [0.5, 0.6) is 0 Å². The summed E-state index contributed by atoms with van der Waals surface area (Å²) in [5.41, 5.74) is 3.20. The predicted octanol–water partition coefficient (Wildman–Crippen LogP) is 5.03. The Bertz CT molecular complexity index is 655. The van der Waals surface area contributed by atoms with E-state index in [1.54, 1.807) is 5.57 Å². The summed E-state index contributed by atoms with van der Waals surface area (Å²) in [5.74, 6) is 5.29. The van der Waals surface area contributed by atoms with Crippen molar-refractivity contribution in [1.29, 1.82) is 0 Å². The molecule has 0 spiro atoms. The van der Waals surface area contributed by atoms with Gasteiger partial charge in [0.05, 0.1) is 0 Å². The smallest absolute Gasteiger partial charge is 0.140 e. The molecule has 4 fully saturated rings. The monoisotopic (exact) mass is 338 g/mol. The highest BCUT2D eigenvalue weighted by Gasteiger charge is 2.50. The van der Waals surface area contributed by atoms with Gasteiger partial charge in [-0.05, 0) is 81.0 Å². The fourth-order valence-corrected chi connectivity index (χ4v) is 6.86. The van der Waals surface area contributed by atoms with E-state index in [-0.39, 0.29) is 0 Å². The first-order valence-corrected chi connectivity index (χ1v) is 10.6. The Balaban J connectivity index is 0.000000112. The number of ketones is 2. The van der Waals surface area contributed by atoms with Crippen LogP contribution < -0.4 is 0 Å². The van der Waals surface area contributed by atoms with Crippen LogP contribution in [-0.4, -0.2) is 11.6 Å². The molecule has 6 aliphatic carbocycles. The molecule has 6 aliphatic rings. The average Bonchev–Trinajstić information content (AvgIpc) is 3.22. The average molecular weight is 338 g/mol. The second-order valence-electron chi connectivity index (χ2n) is 9.36. The predicted molar refractivity (Wildman–Crippen MR) is 97.9 cm³/mol. The first-order valence-electron chi connectivity index (χ1n) is 10.6. The zero-order chi connectivity index (χ0) is 17.0. The molecular weight excluding hydrogens is 308 g/mol. The Morgan fingerprint density at radius 1 is 0.760 bits per heavy atom. The molecule has 6 rings (SSSR count). The SMILES string of the molecule is O=C1C[C@H]2C[C@@H]3CCCC=C3[C@@H]12.O=C1C[C@H]2C[C@@H]3CCCC=C3[C@H]2C1. The van der Waals surface area contributed by atoms with Crippen LogP contribution in [0.4, 0.5) is 0 Å². The van der Waals surface area contributed by atoms with Crippen LogP contribution in [0.2, 0.25) is 0 Å². The third-order valence-electron chi connectivity index (χ3n) is 7.97. The molecule has 134 valence electrons. The van der Waals surface area contributed by atoms with Gasteiger partial charge in [0.25, 0.3) is 0 Å². The van der Waals surface area contributed by atoms with Gasteiger partial charge in [-0.15, -0.1) is 0 Å². The van der Waals surface area contributed by atoms with Gasteiger partial charge >= 0.3 is 0 Å². The molecule has 0 aromatic heterocycles. The third-order valence-corrected chi connectivity index (χ3v) is 7.97. The lowest BCUT2D eigenvalue weighted by Gasteiger charge is -2.29. The number of carbonyl (C=O) groups excluding carboxylic acids is 2. The van der Waals surface area contributed by atoms with Crippen LogP contribution in [0.1, 0.15) is 70.6 Å². The molecule has 0 saturated heterocycles. The summed E-state index contributed by atoms with van der Waals surface area (Å²) in [4.78, 5) is 22.6. The van der Waals surface area contributed by atoms with E-state index in [1.165, 1.54) is 56.9 Å². The number of allylic oxidation sites excluding steroid dienone is 4. The molecule has 0 bridgehead atoms. The first-order chi connectivity index (χ1) is 12.2. The molecular formula is C23H30O2. The van der Waals surface area contributed by atoms with Crippen molar-refractivity contribution in [3.8, 4) is 0 Å². The van der Waals surface area contributed by atoms with Crippen LogP contribution in [0.3, 0.4) is 0 Å². The van der Waals surface area contributed by atoms with Crippen LogP contribution in [0.15, 0.2) is 23.3 Å². The van der Waals surface area contributed by atoms with Crippen molar-refractivity contribution in [2.24, 2.45) is 35.5 Å². The molecule has 0 aliphatic heterocycles. The van der Waals surface area contributed by atoms with E-state index in [0.29, 0.717) is 23.4 Å².